The van der Waals surface area contributed by atoms with Crippen molar-refractivity contribution in [3.8, 4) is 0 Å². The van der Waals surface area contributed by atoms with Crippen LogP contribution in [0.25, 0.3) is 0 Å². The highest BCUT2D eigenvalue weighted by molar-refractivity contribution is 9.10. The molecule has 2 N–H and O–H groups in total. The number of carbonyl (C=O) groups is 1. The van der Waals surface area contributed by atoms with Crippen molar-refractivity contribution in [2.24, 2.45) is 5.73 Å². The molecule has 1 aliphatic rings. The zero-order valence-corrected chi connectivity index (χ0v) is 15.0. The van der Waals surface area contributed by atoms with Gasteiger partial charge in [0.05, 0.1) is 4.11 Å². The molecule has 2 aromatic carbocycles. The fourth-order valence-corrected chi connectivity index (χ4v) is 3.18. The largest absolute Gasteiger partial charge is 0.460 e. The molecule has 1 atom stereocenters. The van der Waals surface area contributed by atoms with Crippen LogP contribution in [0.3, 0.4) is 0 Å². The lowest BCUT2D eigenvalue weighted by molar-refractivity contribution is -0.123. The van der Waals surface area contributed by atoms with Gasteiger partial charge in [0.2, 0.25) is 17.4 Å². The van der Waals surface area contributed by atoms with Crippen molar-refractivity contribution in [2.75, 3.05) is 0 Å². The number of ether oxygens (including phenoxy) is 1. The van der Waals surface area contributed by atoms with Crippen LogP contribution in [0.4, 0.5) is 0 Å². The van der Waals surface area contributed by atoms with E-state index in [1.54, 1.807) is 18.2 Å². The molecular weight excluding hydrogens is 410 g/mol. The second-order valence-corrected chi connectivity index (χ2v) is 7.16. The van der Waals surface area contributed by atoms with Gasteiger partial charge in [-0.1, -0.05) is 58.4 Å². The molecule has 0 unspecified atom stereocenters. The van der Waals surface area contributed by atoms with Crippen LogP contribution in [-0.4, -0.2) is 14.2 Å². The summed E-state index contributed by atoms with van der Waals surface area (Å²) in [4.78, 5) is 12.7. The molecule has 0 bridgehead atoms. The maximum absolute atomic E-state index is 12.7. The first-order chi connectivity index (χ1) is 13.0. The lowest BCUT2D eigenvalue weighted by Crippen LogP contribution is -2.16. The van der Waals surface area contributed by atoms with Crippen molar-refractivity contribution in [3.05, 3.63) is 81.8 Å². The molecule has 1 heterocycles. The minimum Gasteiger partial charge on any atom is -0.460 e. The number of halogens is 1. The summed E-state index contributed by atoms with van der Waals surface area (Å²) in [5.41, 5.74) is 2.54. The number of hydrogen-bond donors (Lipinski definition) is 1. The Morgan fingerprint density at radius 1 is 1.20 bits per heavy atom. The third-order valence-corrected chi connectivity index (χ3v) is 4.56. The van der Waals surface area contributed by atoms with Crippen molar-refractivity contribution < 1.29 is 26.2 Å². The number of Topliss-reactive ketones (excluding diaryl/α,β-unsaturated/α-hetero) is 1. The van der Waals surface area contributed by atoms with Gasteiger partial charge >= 0.3 is 10.1 Å². The van der Waals surface area contributed by atoms with Crippen molar-refractivity contribution in [2.45, 2.75) is 11.8 Å². The number of benzene rings is 2. The zero-order valence-electron chi connectivity index (χ0n) is 15.6. The molecule has 0 amide bonds. The van der Waals surface area contributed by atoms with Gasteiger partial charge in [0.25, 0.3) is 0 Å². The topological polar surface area (TPSA) is 95.7 Å². The van der Waals surface area contributed by atoms with Crippen molar-refractivity contribution in [3.63, 3.8) is 0 Å². The highest BCUT2D eigenvalue weighted by atomic mass is 79.9. The molecule has 1 aliphatic heterocycles. The van der Waals surface area contributed by atoms with Crippen LogP contribution < -0.4 is 5.73 Å². The molecule has 0 saturated heterocycles. The molecule has 3 rings (SSSR count). The van der Waals surface area contributed by atoms with Gasteiger partial charge in [-0.25, -0.2) is 0 Å². The SMILES string of the molecule is [2H]C([2H])(c1ccccc1)S(=O)(=O)OC1=C(N)O[C@]([2H])(c2ccc(Br)cc2)C1=O. The molecule has 8 heteroatoms. The van der Waals surface area contributed by atoms with Gasteiger partial charge in [0.15, 0.2) is 6.08 Å². The third kappa shape index (κ3) is 4.02. The number of carbonyl (C=O) groups excluding carboxylic acids is 1. The fraction of sp³-hybridized carbons (Fsp3) is 0.118. The molecule has 0 aromatic heterocycles. The fourth-order valence-electron chi connectivity index (χ4n) is 2.07. The Labute approximate surface area is 157 Å². The molecule has 0 radical (unpaired) electrons. The lowest BCUT2D eigenvalue weighted by atomic mass is 10.1. The summed E-state index contributed by atoms with van der Waals surface area (Å²) in [5.74, 6) is -2.80. The molecule has 130 valence electrons. The predicted molar refractivity (Wildman–Crippen MR) is 94.3 cm³/mol. The minimum absolute atomic E-state index is 0.103. The summed E-state index contributed by atoms with van der Waals surface area (Å²) in [7, 11) is -5.00. The van der Waals surface area contributed by atoms with E-state index in [9.17, 15) is 13.2 Å². The Balaban J connectivity index is 1.93. The van der Waals surface area contributed by atoms with Gasteiger partial charge in [0.1, 0.15) is 5.70 Å². The molecule has 0 saturated carbocycles. The van der Waals surface area contributed by atoms with Crippen molar-refractivity contribution >= 4 is 31.8 Å². The minimum atomic E-state index is -5.00. The third-order valence-electron chi connectivity index (χ3n) is 3.16. The van der Waals surface area contributed by atoms with Crippen molar-refractivity contribution in [1.29, 1.82) is 0 Å². The highest BCUT2D eigenvalue weighted by Gasteiger charge is 2.39. The van der Waals surface area contributed by atoms with Crippen molar-refractivity contribution in [1.82, 2.24) is 0 Å². The molecule has 0 fully saturated rings. The summed E-state index contributed by atoms with van der Waals surface area (Å²) in [6, 6.07) is 13.1. The quantitative estimate of drug-likeness (QED) is 0.738. The Kier molecular flexibility index (Phi) is 3.84. The van der Waals surface area contributed by atoms with Gasteiger partial charge < -0.3 is 14.7 Å². The molecular formula is C17H14BrNO5S. The van der Waals surface area contributed by atoms with Crippen LogP contribution in [0.1, 0.15) is 21.3 Å². The van der Waals surface area contributed by atoms with E-state index in [0.29, 0.717) is 4.47 Å². The van der Waals surface area contributed by atoms with Crippen LogP contribution in [-0.2, 0) is 29.5 Å². The summed E-state index contributed by atoms with van der Waals surface area (Å²) < 4.78 is 59.8. The Morgan fingerprint density at radius 2 is 1.84 bits per heavy atom. The monoisotopic (exact) mass is 426 g/mol. The van der Waals surface area contributed by atoms with Gasteiger partial charge in [0, 0.05) is 10.0 Å². The van der Waals surface area contributed by atoms with Gasteiger partial charge in [-0.3, -0.25) is 4.79 Å². The van der Waals surface area contributed by atoms with Crippen LogP contribution in [0.15, 0.2) is 70.7 Å². The Hall–Kier alpha value is -2.32. The summed E-state index contributed by atoms with van der Waals surface area (Å²) in [6.07, 6.45) is -2.34. The zero-order chi connectivity index (χ0) is 20.7. The maximum Gasteiger partial charge on any atom is 0.313 e. The Bertz CT molecular complexity index is 1060. The first kappa shape index (κ1) is 13.9. The van der Waals surface area contributed by atoms with E-state index < -0.39 is 39.3 Å². The molecule has 0 aliphatic carbocycles. The molecule has 6 nitrogen and oxygen atoms in total. The average molecular weight is 427 g/mol. The van der Waals surface area contributed by atoms with Crippen LogP contribution in [0, 0.1) is 0 Å². The number of rotatable bonds is 5. The molecule has 0 spiro atoms. The summed E-state index contributed by atoms with van der Waals surface area (Å²) >= 11 is 3.23. The van der Waals surface area contributed by atoms with E-state index in [2.05, 4.69) is 15.9 Å². The van der Waals surface area contributed by atoms with Gasteiger partial charge in [-0.15, -0.1) is 0 Å². The standard InChI is InChI=1S/C17H14BrNO5S/c18-13-8-6-12(7-9-13)15-14(20)16(17(19)23-15)24-25(21,22)10-11-4-2-1-3-5-11/h1-9,15H,10,19H2/t15-/m1/s1/i10D2,15D. The lowest BCUT2D eigenvalue weighted by Gasteiger charge is -2.10. The second-order valence-electron chi connectivity index (χ2n) is 4.97. The second kappa shape index (κ2) is 6.89. The molecule has 25 heavy (non-hydrogen) atoms. The van der Waals surface area contributed by atoms with Crippen LogP contribution in [0.5, 0.6) is 0 Å². The number of nitrogens with two attached hydrogens (primary N) is 1. The van der Waals surface area contributed by atoms with E-state index >= 15 is 0 Å². The smallest absolute Gasteiger partial charge is 0.313 e. The van der Waals surface area contributed by atoms with Crippen LogP contribution in [0.2, 0.25) is 0 Å². The Morgan fingerprint density at radius 3 is 2.48 bits per heavy atom. The highest BCUT2D eigenvalue weighted by Crippen LogP contribution is 2.33. The number of ketones is 1. The maximum atomic E-state index is 12.7. The first-order valence-corrected chi connectivity index (χ1v) is 9.18. The van der Waals surface area contributed by atoms with E-state index in [4.69, 9.17) is 18.8 Å². The molecule has 2 aromatic rings. The van der Waals surface area contributed by atoms with E-state index in [-0.39, 0.29) is 11.1 Å². The average Bonchev–Trinajstić information content (AvgIpc) is 2.86. The summed E-state index contributed by atoms with van der Waals surface area (Å²) in [6.45, 7) is 0. The normalized spacial score (nSPS) is 22.8. The van der Waals surface area contributed by atoms with Gasteiger partial charge in [-0.2, -0.15) is 8.42 Å². The van der Waals surface area contributed by atoms with E-state index in [0.717, 1.165) is 0 Å². The van der Waals surface area contributed by atoms with Crippen LogP contribution >= 0.6 is 15.9 Å². The summed E-state index contributed by atoms with van der Waals surface area (Å²) in [5, 5.41) is 0. The number of hydrogen-bond acceptors (Lipinski definition) is 6. The van der Waals surface area contributed by atoms with E-state index in [1.807, 2.05) is 0 Å². The predicted octanol–water partition coefficient (Wildman–Crippen LogP) is 2.76. The van der Waals surface area contributed by atoms with E-state index in [1.165, 1.54) is 36.4 Å². The first-order valence-electron chi connectivity index (χ1n) is 8.48. The van der Waals surface area contributed by atoms with Gasteiger partial charge in [-0.05, 0) is 17.7 Å².